The molecule has 78 valence electrons. The van der Waals surface area contributed by atoms with Gasteiger partial charge in [-0.05, 0) is 26.7 Å². The third-order valence-corrected chi connectivity index (χ3v) is 3.23. The summed E-state index contributed by atoms with van der Waals surface area (Å²) in [6.45, 7) is 4.24. The average molecular weight is 211 g/mol. The number of hydrogen-bond donors (Lipinski definition) is 1. The molecule has 1 heterocycles. The molecule has 0 aromatic carbocycles. The third kappa shape index (κ3) is 2.23. The maximum Gasteiger partial charge on any atom is 0.202 e. The number of nitrogens with zero attached hydrogens (tertiary/aromatic N) is 2. The van der Waals surface area contributed by atoms with Gasteiger partial charge in [0.05, 0.1) is 0 Å². The molecule has 0 unspecified atom stereocenters. The van der Waals surface area contributed by atoms with E-state index in [1.165, 1.54) is 37.2 Å². The van der Waals surface area contributed by atoms with Crippen LogP contribution in [0.2, 0.25) is 0 Å². The molecule has 1 aliphatic carbocycles. The minimum atomic E-state index is 0.444. The predicted octanol–water partition coefficient (Wildman–Crippen LogP) is 3.02. The summed E-state index contributed by atoms with van der Waals surface area (Å²) in [6, 6.07) is 0.444. The summed E-state index contributed by atoms with van der Waals surface area (Å²) in [5.74, 6) is 1.70. The van der Waals surface area contributed by atoms with Crippen LogP contribution < -0.4 is 5.32 Å². The molecule has 4 heteroatoms. The Morgan fingerprint density at radius 1 is 1.36 bits per heavy atom. The quantitative estimate of drug-likeness (QED) is 0.835. The molecule has 1 aromatic heterocycles. The number of rotatable bonds is 3. The molecule has 0 bridgehead atoms. The van der Waals surface area contributed by atoms with Crippen LogP contribution in [0.4, 0.5) is 5.13 Å². The Morgan fingerprint density at radius 2 is 2.07 bits per heavy atom. The molecular weight excluding hydrogens is 194 g/mol. The van der Waals surface area contributed by atoms with Crippen LogP contribution in [0.1, 0.15) is 51.3 Å². The van der Waals surface area contributed by atoms with Gasteiger partial charge >= 0.3 is 0 Å². The molecular formula is C10H17N3S. The van der Waals surface area contributed by atoms with E-state index in [4.69, 9.17) is 0 Å². The van der Waals surface area contributed by atoms with E-state index in [-0.39, 0.29) is 0 Å². The van der Waals surface area contributed by atoms with E-state index in [0.29, 0.717) is 12.0 Å². The van der Waals surface area contributed by atoms with Crippen molar-refractivity contribution < 1.29 is 0 Å². The molecule has 0 atom stereocenters. The molecule has 1 aromatic rings. The van der Waals surface area contributed by atoms with Crippen molar-refractivity contribution in [1.82, 2.24) is 9.36 Å². The lowest BCUT2D eigenvalue weighted by Crippen LogP contribution is -2.09. The van der Waals surface area contributed by atoms with E-state index >= 15 is 0 Å². The topological polar surface area (TPSA) is 37.8 Å². The smallest absolute Gasteiger partial charge is 0.202 e. The van der Waals surface area contributed by atoms with Crippen molar-refractivity contribution in [2.75, 3.05) is 5.32 Å². The second-order valence-corrected chi connectivity index (χ2v) is 4.99. The molecule has 0 saturated heterocycles. The van der Waals surface area contributed by atoms with Gasteiger partial charge in [0.2, 0.25) is 5.13 Å². The largest absolute Gasteiger partial charge is 0.358 e. The first kappa shape index (κ1) is 9.90. The maximum atomic E-state index is 4.53. The normalized spacial score (nSPS) is 17.9. The highest BCUT2D eigenvalue weighted by Crippen LogP contribution is 2.33. The van der Waals surface area contributed by atoms with Gasteiger partial charge in [-0.25, -0.2) is 4.98 Å². The van der Waals surface area contributed by atoms with Crippen molar-refractivity contribution in [3.8, 4) is 0 Å². The molecule has 1 N–H and O–H groups in total. The van der Waals surface area contributed by atoms with Gasteiger partial charge in [0.15, 0.2) is 0 Å². The Morgan fingerprint density at radius 3 is 2.71 bits per heavy atom. The first-order valence-corrected chi connectivity index (χ1v) is 6.13. The number of hydrogen-bond acceptors (Lipinski definition) is 4. The lowest BCUT2D eigenvalue weighted by Gasteiger charge is -2.04. The van der Waals surface area contributed by atoms with E-state index in [1.807, 2.05) is 0 Å². The van der Waals surface area contributed by atoms with Gasteiger partial charge in [-0.15, -0.1) is 0 Å². The minimum Gasteiger partial charge on any atom is -0.358 e. The van der Waals surface area contributed by atoms with Crippen molar-refractivity contribution in [3.05, 3.63) is 5.82 Å². The molecule has 0 radical (unpaired) electrons. The highest BCUT2D eigenvalue weighted by molar-refractivity contribution is 7.09. The number of nitrogens with one attached hydrogen (secondary N) is 1. The van der Waals surface area contributed by atoms with E-state index in [9.17, 15) is 0 Å². The van der Waals surface area contributed by atoms with Crippen LogP contribution in [0.15, 0.2) is 0 Å². The Balaban J connectivity index is 2.01. The molecule has 14 heavy (non-hydrogen) atoms. The first-order chi connectivity index (χ1) is 6.75. The van der Waals surface area contributed by atoms with Gasteiger partial charge in [0, 0.05) is 23.5 Å². The Kier molecular flexibility index (Phi) is 3.01. The standard InChI is InChI=1S/C10H17N3S/c1-7(2)11-10-12-9(13-14-10)8-5-3-4-6-8/h7-8H,3-6H2,1-2H3,(H,11,12,13). The molecule has 1 fully saturated rings. The van der Waals surface area contributed by atoms with Crippen LogP contribution >= 0.6 is 11.5 Å². The zero-order chi connectivity index (χ0) is 9.97. The summed E-state index contributed by atoms with van der Waals surface area (Å²) in [5.41, 5.74) is 0. The minimum absolute atomic E-state index is 0.444. The van der Waals surface area contributed by atoms with Crippen LogP contribution in [0.25, 0.3) is 0 Å². The summed E-state index contributed by atoms with van der Waals surface area (Å²) < 4.78 is 4.42. The second kappa shape index (κ2) is 4.26. The van der Waals surface area contributed by atoms with Crippen LogP contribution in [0.5, 0.6) is 0 Å². The molecule has 0 amide bonds. The molecule has 0 aliphatic heterocycles. The maximum absolute atomic E-state index is 4.53. The lowest BCUT2D eigenvalue weighted by atomic mass is 10.1. The van der Waals surface area contributed by atoms with Gasteiger partial charge in [-0.3, -0.25) is 0 Å². The monoisotopic (exact) mass is 211 g/mol. The highest BCUT2D eigenvalue weighted by atomic mass is 32.1. The zero-order valence-corrected chi connectivity index (χ0v) is 9.60. The summed E-state index contributed by atoms with van der Waals surface area (Å²) in [4.78, 5) is 4.53. The van der Waals surface area contributed by atoms with Crippen LogP contribution in [0, 0.1) is 0 Å². The predicted molar refractivity (Wildman–Crippen MR) is 59.9 cm³/mol. The van der Waals surface area contributed by atoms with E-state index in [2.05, 4.69) is 28.5 Å². The van der Waals surface area contributed by atoms with E-state index in [1.54, 1.807) is 0 Å². The Bertz CT molecular complexity index is 289. The van der Waals surface area contributed by atoms with E-state index in [0.717, 1.165) is 11.0 Å². The van der Waals surface area contributed by atoms with Crippen LogP contribution in [0.3, 0.4) is 0 Å². The molecule has 3 nitrogen and oxygen atoms in total. The van der Waals surface area contributed by atoms with Crippen molar-refractivity contribution in [2.24, 2.45) is 0 Å². The van der Waals surface area contributed by atoms with Crippen molar-refractivity contribution in [3.63, 3.8) is 0 Å². The Labute approximate surface area is 89.1 Å². The van der Waals surface area contributed by atoms with Gasteiger partial charge in [-0.1, -0.05) is 12.8 Å². The van der Waals surface area contributed by atoms with E-state index < -0.39 is 0 Å². The number of anilines is 1. The van der Waals surface area contributed by atoms with Crippen molar-refractivity contribution in [2.45, 2.75) is 51.5 Å². The van der Waals surface area contributed by atoms with Crippen molar-refractivity contribution >= 4 is 16.7 Å². The summed E-state index contributed by atoms with van der Waals surface area (Å²) in [5, 5.41) is 4.27. The van der Waals surface area contributed by atoms with Gasteiger partial charge < -0.3 is 5.32 Å². The third-order valence-electron chi connectivity index (χ3n) is 2.57. The van der Waals surface area contributed by atoms with Gasteiger partial charge in [-0.2, -0.15) is 4.37 Å². The zero-order valence-electron chi connectivity index (χ0n) is 8.79. The fourth-order valence-electron chi connectivity index (χ4n) is 1.89. The number of aromatic nitrogens is 2. The second-order valence-electron chi connectivity index (χ2n) is 4.24. The summed E-state index contributed by atoms with van der Waals surface area (Å²) >= 11 is 1.49. The fraction of sp³-hybridized carbons (Fsp3) is 0.800. The van der Waals surface area contributed by atoms with Crippen LogP contribution in [-0.4, -0.2) is 15.4 Å². The average Bonchev–Trinajstić information content (AvgIpc) is 2.69. The fourth-order valence-corrected chi connectivity index (χ4v) is 2.68. The molecule has 1 saturated carbocycles. The highest BCUT2D eigenvalue weighted by Gasteiger charge is 2.21. The molecule has 2 rings (SSSR count). The van der Waals surface area contributed by atoms with Gasteiger partial charge in [0.25, 0.3) is 0 Å². The molecule has 0 spiro atoms. The van der Waals surface area contributed by atoms with Gasteiger partial charge in [0.1, 0.15) is 5.82 Å². The summed E-state index contributed by atoms with van der Waals surface area (Å²) in [7, 11) is 0. The Hall–Kier alpha value is -0.640. The SMILES string of the molecule is CC(C)Nc1nc(C2CCCC2)ns1. The lowest BCUT2D eigenvalue weighted by molar-refractivity contribution is 0.681. The van der Waals surface area contributed by atoms with Crippen LogP contribution in [-0.2, 0) is 0 Å². The molecule has 1 aliphatic rings. The first-order valence-electron chi connectivity index (χ1n) is 5.36. The van der Waals surface area contributed by atoms with Crippen molar-refractivity contribution in [1.29, 1.82) is 0 Å². The summed E-state index contributed by atoms with van der Waals surface area (Å²) in [6.07, 6.45) is 5.24.